The average Bonchev–Trinajstić information content (AvgIpc) is 2.27. The molecule has 1 aromatic carbocycles. The van der Waals surface area contributed by atoms with E-state index < -0.39 is 23.1 Å². The molecule has 5 heteroatoms. The molecule has 0 aromatic heterocycles. The Morgan fingerprint density at radius 1 is 1.00 bits per heavy atom. The Bertz CT molecular complexity index is 554. The van der Waals surface area contributed by atoms with Crippen LogP contribution in [-0.2, 0) is 4.79 Å². The van der Waals surface area contributed by atoms with E-state index in [2.05, 4.69) is 0 Å². The van der Waals surface area contributed by atoms with E-state index in [9.17, 15) is 24.9 Å². The second-order valence-corrected chi connectivity index (χ2v) is 3.49. The van der Waals surface area contributed by atoms with E-state index >= 15 is 0 Å². The van der Waals surface area contributed by atoms with Crippen molar-refractivity contribution in [2.45, 2.75) is 6.92 Å². The number of fused-ring (bicyclic) bond motifs is 1. The predicted octanol–water partition coefficient (Wildman–Crippen LogP) is 1.15. The molecule has 0 unspecified atom stereocenters. The number of aliphatic hydroxyl groups is 1. The lowest BCUT2D eigenvalue weighted by Gasteiger charge is -2.16. The number of phenolic OH excluding ortho intramolecular Hbond substituents is 2. The van der Waals surface area contributed by atoms with Gasteiger partial charge in [0.25, 0.3) is 0 Å². The highest BCUT2D eigenvalue weighted by Gasteiger charge is 2.33. The van der Waals surface area contributed by atoms with E-state index in [-0.39, 0.29) is 22.5 Å². The van der Waals surface area contributed by atoms with Crippen LogP contribution in [0.25, 0.3) is 5.76 Å². The van der Waals surface area contributed by atoms with Crippen molar-refractivity contribution in [3.63, 3.8) is 0 Å². The lowest BCUT2D eigenvalue weighted by atomic mass is 9.88. The lowest BCUT2D eigenvalue weighted by molar-refractivity contribution is -0.111. The number of benzene rings is 1. The van der Waals surface area contributed by atoms with Gasteiger partial charge in [-0.15, -0.1) is 0 Å². The van der Waals surface area contributed by atoms with Crippen molar-refractivity contribution in [3.05, 3.63) is 28.8 Å². The lowest BCUT2D eigenvalue weighted by Crippen LogP contribution is -2.22. The molecule has 1 aliphatic rings. The molecule has 0 radical (unpaired) electrons. The number of Topliss-reactive ketones (excluding diaryl/α,β-unsaturated/α-hetero) is 2. The van der Waals surface area contributed by atoms with Gasteiger partial charge in [0.2, 0.25) is 11.6 Å². The SMILES string of the molecule is CC1=C(O)c2ccc(O)c(O)c2C(=O)C1=O. The van der Waals surface area contributed by atoms with Crippen molar-refractivity contribution in [2.24, 2.45) is 0 Å². The monoisotopic (exact) mass is 220 g/mol. The third-order valence-corrected chi connectivity index (χ3v) is 2.54. The molecule has 0 fully saturated rings. The molecule has 1 aliphatic carbocycles. The standard InChI is InChI=1S/C11H8O5/c1-4-8(13)5-2-3-6(12)10(15)7(5)11(16)9(4)14/h2-3,12-13,15H,1H3. The Kier molecular flexibility index (Phi) is 1.98. The zero-order chi connectivity index (χ0) is 12.0. The van der Waals surface area contributed by atoms with E-state index in [4.69, 9.17) is 0 Å². The van der Waals surface area contributed by atoms with Crippen LogP contribution in [0.2, 0.25) is 0 Å². The maximum Gasteiger partial charge on any atom is 0.237 e. The van der Waals surface area contributed by atoms with Gasteiger partial charge in [0.05, 0.1) is 5.56 Å². The molecular formula is C11H8O5. The van der Waals surface area contributed by atoms with Gasteiger partial charge >= 0.3 is 0 Å². The maximum absolute atomic E-state index is 11.6. The Morgan fingerprint density at radius 2 is 1.62 bits per heavy atom. The molecule has 0 bridgehead atoms. The molecule has 1 aromatic rings. The summed E-state index contributed by atoms with van der Waals surface area (Å²) < 4.78 is 0. The van der Waals surface area contributed by atoms with E-state index in [0.717, 1.165) is 6.07 Å². The molecule has 0 amide bonds. The third kappa shape index (κ3) is 1.11. The number of allylic oxidation sites excluding steroid dienone is 1. The summed E-state index contributed by atoms with van der Waals surface area (Å²) in [7, 11) is 0. The molecule has 0 spiro atoms. The molecule has 0 saturated carbocycles. The van der Waals surface area contributed by atoms with Gasteiger partial charge in [-0.2, -0.15) is 0 Å². The number of hydrogen-bond acceptors (Lipinski definition) is 5. The minimum Gasteiger partial charge on any atom is -0.507 e. The van der Waals surface area contributed by atoms with Crippen LogP contribution in [-0.4, -0.2) is 26.9 Å². The quantitative estimate of drug-likeness (QED) is 0.450. The van der Waals surface area contributed by atoms with Gasteiger partial charge in [0.1, 0.15) is 5.76 Å². The first kappa shape index (κ1) is 10.2. The zero-order valence-electron chi connectivity index (χ0n) is 8.31. The first-order valence-corrected chi connectivity index (χ1v) is 4.49. The number of rotatable bonds is 0. The first-order chi connectivity index (χ1) is 7.45. The van der Waals surface area contributed by atoms with Gasteiger partial charge in [-0.25, -0.2) is 0 Å². The number of hydrogen-bond donors (Lipinski definition) is 3. The molecular weight excluding hydrogens is 212 g/mol. The van der Waals surface area contributed by atoms with Crippen LogP contribution in [0.4, 0.5) is 0 Å². The number of phenols is 2. The number of aromatic hydroxyl groups is 2. The van der Waals surface area contributed by atoms with Crippen LogP contribution < -0.4 is 0 Å². The van der Waals surface area contributed by atoms with Crippen molar-refractivity contribution in [2.75, 3.05) is 0 Å². The summed E-state index contributed by atoms with van der Waals surface area (Å²) in [6.45, 7) is 1.32. The summed E-state index contributed by atoms with van der Waals surface area (Å²) in [6.07, 6.45) is 0. The number of carbonyl (C=O) groups excluding carboxylic acids is 2. The summed E-state index contributed by atoms with van der Waals surface area (Å²) in [5, 5.41) is 28.3. The van der Waals surface area contributed by atoms with Crippen LogP contribution >= 0.6 is 0 Å². The minimum atomic E-state index is -0.932. The molecule has 82 valence electrons. The van der Waals surface area contributed by atoms with Crippen LogP contribution in [0, 0.1) is 0 Å². The molecule has 5 nitrogen and oxygen atoms in total. The fourth-order valence-electron chi connectivity index (χ4n) is 1.60. The summed E-state index contributed by atoms with van der Waals surface area (Å²) >= 11 is 0. The Morgan fingerprint density at radius 3 is 2.25 bits per heavy atom. The van der Waals surface area contributed by atoms with Gasteiger partial charge in [0, 0.05) is 11.1 Å². The van der Waals surface area contributed by atoms with Crippen LogP contribution in [0.1, 0.15) is 22.8 Å². The van der Waals surface area contributed by atoms with E-state index in [0.29, 0.717) is 0 Å². The molecule has 3 N–H and O–H groups in total. The number of ketones is 2. The van der Waals surface area contributed by atoms with Crippen LogP contribution in [0.15, 0.2) is 17.7 Å². The summed E-state index contributed by atoms with van der Waals surface area (Å²) in [5.41, 5.74) is -0.368. The van der Waals surface area contributed by atoms with Gasteiger partial charge in [-0.1, -0.05) is 0 Å². The van der Waals surface area contributed by atoms with Gasteiger partial charge in [-0.05, 0) is 19.1 Å². The fourth-order valence-corrected chi connectivity index (χ4v) is 1.60. The van der Waals surface area contributed by atoms with Gasteiger partial charge < -0.3 is 15.3 Å². The highest BCUT2D eigenvalue weighted by atomic mass is 16.3. The predicted molar refractivity (Wildman–Crippen MR) is 54.3 cm³/mol. The fraction of sp³-hybridized carbons (Fsp3) is 0.0909. The second kappa shape index (κ2) is 3.10. The maximum atomic E-state index is 11.6. The molecule has 16 heavy (non-hydrogen) atoms. The Balaban J connectivity index is 2.86. The molecule has 0 saturated heterocycles. The molecule has 2 rings (SSSR count). The highest BCUT2D eigenvalue weighted by Crippen LogP contribution is 2.38. The Hall–Kier alpha value is -2.30. The van der Waals surface area contributed by atoms with Crippen LogP contribution in [0.5, 0.6) is 11.5 Å². The average molecular weight is 220 g/mol. The van der Waals surface area contributed by atoms with Crippen molar-refractivity contribution in [1.29, 1.82) is 0 Å². The van der Waals surface area contributed by atoms with E-state index in [1.165, 1.54) is 13.0 Å². The topological polar surface area (TPSA) is 94.8 Å². The van der Waals surface area contributed by atoms with E-state index in [1.54, 1.807) is 0 Å². The van der Waals surface area contributed by atoms with Crippen molar-refractivity contribution < 1.29 is 24.9 Å². The second-order valence-electron chi connectivity index (χ2n) is 3.49. The van der Waals surface area contributed by atoms with Crippen LogP contribution in [0.3, 0.4) is 0 Å². The zero-order valence-corrected chi connectivity index (χ0v) is 8.31. The summed E-state index contributed by atoms with van der Waals surface area (Å²) in [4.78, 5) is 23.0. The van der Waals surface area contributed by atoms with Crippen molar-refractivity contribution in [3.8, 4) is 11.5 Å². The van der Waals surface area contributed by atoms with Gasteiger partial charge in [0.15, 0.2) is 11.5 Å². The van der Waals surface area contributed by atoms with Crippen molar-refractivity contribution in [1.82, 2.24) is 0 Å². The largest absolute Gasteiger partial charge is 0.507 e. The van der Waals surface area contributed by atoms with Crippen molar-refractivity contribution >= 4 is 17.3 Å². The molecule has 0 heterocycles. The summed E-state index contributed by atoms with van der Waals surface area (Å²) in [5.74, 6) is -3.36. The Labute approximate surface area is 90.3 Å². The highest BCUT2D eigenvalue weighted by molar-refractivity contribution is 6.52. The third-order valence-electron chi connectivity index (χ3n) is 2.54. The first-order valence-electron chi connectivity index (χ1n) is 4.49. The normalized spacial score (nSPS) is 15.3. The van der Waals surface area contributed by atoms with Gasteiger partial charge in [-0.3, -0.25) is 9.59 Å². The number of carbonyl (C=O) groups is 2. The smallest absolute Gasteiger partial charge is 0.237 e. The number of aliphatic hydroxyl groups excluding tert-OH is 1. The molecule has 0 atom stereocenters. The minimum absolute atomic E-state index is 0.0531. The van der Waals surface area contributed by atoms with E-state index in [1.807, 2.05) is 0 Å². The summed E-state index contributed by atoms with van der Waals surface area (Å²) in [6, 6.07) is 2.41. The molecule has 0 aliphatic heterocycles.